The van der Waals surface area contributed by atoms with E-state index in [-0.39, 0.29) is 0 Å². The molecule has 68 valence electrons. The molecule has 3 heteroatoms. The zero-order chi connectivity index (χ0) is 9.03. The minimum Gasteiger partial charge on any atom is -0.382 e. The van der Waals surface area contributed by atoms with Crippen LogP contribution in [0.2, 0.25) is 12.1 Å². The van der Waals surface area contributed by atoms with Crippen LogP contribution in [0.3, 0.4) is 0 Å². The Bertz CT molecular complexity index is 130. The minimum absolute atomic E-state index is 0.446. The van der Waals surface area contributed by atoms with Crippen molar-refractivity contribution in [3.8, 4) is 0 Å². The van der Waals surface area contributed by atoms with E-state index in [0.717, 1.165) is 18.7 Å². The van der Waals surface area contributed by atoms with Crippen molar-refractivity contribution in [3.63, 3.8) is 0 Å². The summed E-state index contributed by atoms with van der Waals surface area (Å²) in [4.78, 5) is 0. The summed E-state index contributed by atoms with van der Waals surface area (Å²) in [5.41, 5.74) is 0.446. The maximum absolute atomic E-state index is 6.39. The number of hydrogen-bond acceptors (Lipinski definition) is 1. The summed E-state index contributed by atoms with van der Waals surface area (Å²) < 4.78 is 5.76. The van der Waals surface area contributed by atoms with Crippen LogP contribution in [0.25, 0.3) is 0 Å². The lowest BCUT2D eigenvalue weighted by atomic mass is 10.2. The van der Waals surface area contributed by atoms with Gasteiger partial charge < -0.3 is 4.74 Å². The predicted molar refractivity (Wildman–Crippen MR) is 56.1 cm³/mol. The van der Waals surface area contributed by atoms with Gasteiger partial charge in [-0.05, 0) is 19.3 Å². The number of ether oxygens (including phenoxy) is 1. The molecule has 0 aromatic carbocycles. The first kappa shape index (κ1) is 10.3. The van der Waals surface area contributed by atoms with Crippen LogP contribution in [0.1, 0.15) is 33.1 Å². The quantitative estimate of drug-likeness (QED) is 0.608. The molecule has 0 aromatic rings. The van der Waals surface area contributed by atoms with Gasteiger partial charge in [-0.2, -0.15) is 0 Å². The van der Waals surface area contributed by atoms with Gasteiger partial charge in [0.1, 0.15) is 0 Å². The smallest absolute Gasteiger partial charge is 0.0605 e. The molecule has 1 rings (SSSR count). The third-order valence-corrected chi connectivity index (χ3v) is 7.51. The third-order valence-electron chi connectivity index (χ3n) is 3.14. The fourth-order valence-electron chi connectivity index (χ4n) is 1.90. The van der Waals surface area contributed by atoms with Crippen molar-refractivity contribution in [2.75, 3.05) is 6.61 Å². The molecule has 1 heterocycles. The second-order valence-corrected chi connectivity index (χ2v) is 8.32. The molecule has 0 aromatic heterocycles. The molecule has 1 atom stereocenters. The minimum atomic E-state index is -1.52. The summed E-state index contributed by atoms with van der Waals surface area (Å²) >= 11 is 0. The Morgan fingerprint density at radius 2 is 2.00 bits per heavy atom. The summed E-state index contributed by atoms with van der Waals surface area (Å²) in [6, 6.07) is 2.32. The molecule has 2 radical (unpaired) electrons. The van der Waals surface area contributed by atoms with Gasteiger partial charge in [0.25, 0.3) is 0 Å². The van der Waals surface area contributed by atoms with E-state index in [1.54, 1.807) is 0 Å². The lowest BCUT2D eigenvalue weighted by Gasteiger charge is -2.37. The molecule has 0 saturated carbocycles. The van der Waals surface area contributed by atoms with E-state index in [4.69, 9.17) is 12.2 Å². The second-order valence-electron chi connectivity index (χ2n) is 3.80. The van der Waals surface area contributed by atoms with E-state index >= 15 is 0 Å². The SMILES string of the molecule is [B][Si](CC)(CC)C1CCCCO1. The van der Waals surface area contributed by atoms with E-state index in [2.05, 4.69) is 13.8 Å². The van der Waals surface area contributed by atoms with E-state index in [0.29, 0.717) is 5.73 Å². The van der Waals surface area contributed by atoms with Gasteiger partial charge in [0.15, 0.2) is 0 Å². The molecular formula is C9H19BOSi. The van der Waals surface area contributed by atoms with Crippen LogP contribution in [0.15, 0.2) is 0 Å². The Hall–Kier alpha value is 0.242. The van der Waals surface area contributed by atoms with Crippen LogP contribution in [-0.2, 0) is 4.74 Å². The lowest BCUT2D eigenvalue weighted by molar-refractivity contribution is 0.0609. The summed E-state index contributed by atoms with van der Waals surface area (Å²) in [6.45, 7) is 5.37. The van der Waals surface area contributed by atoms with Crippen molar-refractivity contribution < 1.29 is 4.74 Å². The summed E-state index contributed by atoms with van der Waals surface area (Å²) in [7, 11) is 4.87. The van der Waals surface area contributed by atoms with Gasteiger partial charge in [0.05, 0.1) is 7.44 Å². The van der Waals surface area contributed by atoms with Gasteiger partial charge >= 0.3 is 0 Å². The van der Waals surface area contributed by atoms with Gasteiger partial charge in [-0.15, -0.1) is 0 Å². The Balaban J connectivity index is 2.51. The van der Waals surface area contributed by atoms with Crippen molar-refractivity contribution >= 4 is 15.4 Å². The molecule has 0 aliphatic carbocycles. The monoisotopic (exact) mass is 182 g/mol. The second kappa shape index (κ2) is 4.47. The van der Waals surface area contributed by atoms with Gasteiger partial charge in [-0.25, -0.2) is 0 Å². The van der Waals surface area contributed by atoms with Crippen molar-refractivity contribution in [3.05, 3.63) is 0 Å². The number of hydrogen-bond donors (Lipinski definition) is 0. The molecule has 0 spiro atoms. The van der Waals surface area contributed by atoms with E-state index in [9.17, 15) is 0 Å². The average molecular weight is 182 g/mol. The first-order chi connectivity index (χ1) is 5.73. The predicted octanol–water partition coefficient (Wildman–Crippen LogP) is 2.25. The first-order valence-electron chi connectivity index (χ1n) is 5.13. The fourth-order valence-corrected chi connectivity index (χ4v) is 4.54. The highest BCUT2D eigenvalue weighted by molar-refractivity contribution is 7.18. The Kier molecular flexibility index (Phi) is 3.85. The highest BCUT2D eigenvalue weighted by Crippen LogP contribution is 2.25. The maximum atomic E-state index is 6.39. The van der Waals surface area contributed by atoms with Gasteiger partial charge in [-0.3, -0.25) is 0 Å². The van der Waals surface area contributed by atoms with Crippen molar-refractivity contribution in [2.45, 2.75) is 50.9 Å². The van der Waals surface area contributed by atoms with Crippen LogP contribution >= 0.6 is 0 Å². The zero-order valence-corrected chi connectivity index (χ0v) is 9.31. The van der Waals surface area contributed by atoms with Crippen molar-refractivity contribution in [1.82, 2.24) is 0 Å². The molecule has 1 aliphatic heterocycles. The van der Waals surface area contributed by atoms with Gasteiger partial charge in [0.2, 0.25) is 0 Å². The van der Waals surface area contributed by atoms with Crippen LogP contribution in [0.5, 0.6) is 0 Å². The van der Waals surface area contributed by atoms with Crippen LogP contribution in [0.4, 0.5) is 0 Å². The summed E-state index contributed by atoms with van der Waals surface area (Å²) in [6.07, 6.45) is 3.76. The molecule has 1 unspecified atom stereocenters. The average Bonchev–Trinajstić information content (AvgIpc) is 2.18. The van der Waals surface area contributed by atoms with Crippen LogP contribution in [0, 0.1) is 0 Å². The molecule has 0 bridgehead atoms. The highest BCUT2D eigenvalue weighted by atomic mass is 28.3. The molecule has 0 amide bonds. The Morgan fingerprint density at radius 1 is 1.33 bits per heavy atom. The maximum Gasteiger partial charge on any atom is 0.0605 e. The third kappa shape index (κ3) is 2.13. The highest BCUT2D eigenvalue weighted by Gasteiger charge is 2.33. The summed E-state index contributed by atoms with van der Waals surface area (Å²) in [5.74, 6) is 0. The molecule has 1 saturated heterocycles. The van der Waals surface area contributed by atoms with Gasteiger partial charge in [0, 0.05) is 20.3 Å². The molecule has 1 nitrogen and oxygen atoms in total. The zero-order valence-electron chi connectivity index (χ0n) is 8.31. The largest absolute Gasteiger partial charge is 0.382 e. The number of rotatable bonds is 3. The Morgan fingerprint density at radius 3 is 2.42 bits per heavy atom. The van der Waals surface area contributed by atoms with Crippen molar-refractivity contribution in [1.29, 1.82) is 0 Å². The first-order valence-corrected chi connectivity index (χ1v) is 7.70. The molecular weight excluding hydrogens is 163 g/mol. The molecule has 1 fully saturated rings. The normalized spacial score (nSPS) is 25.7. The van der Waals surface area contributed by atoms with Crippen LogP contribution in [-0.4, -0.2) is 27.7 Å². The van der Waals surface area contributed by atoms with Crippen molar-refractivity contribution in [2.24, 2.45) is 0 Å². The topological polar surface area (TPSA) is 9.23 Å². The lowest BCUT2D eigenvalue weighted by Crippen LogP contribution is -2.50. The van der Waals surface area contributed by atoms with E-state index in [1.807, 2.05) is 0 Å². The molecule has 0 N–H and O–H groups in total. The fraction of sp³-hybridized carbons (Fsp3) is 1.00. The molecule has 1 aliphatic rings. The van der Waals surface area contributed by atoms with Crippen LogP contribution < -0.4 is 0 Å². The van der Waals surface area contributed by atoms with E-state index < -0.39 is 7.94 Å². The molecule has 12 heavy (non-hydrogen) atoms. The summed E-state index contributed by atoms with van der Waals surface area (Å²) in [5, 5.41) is 0. The Labute approximate surface area is 78.2 Å². The standard InChI is InChI=1S/C9H19BOSi/c1-3-12(10,4-2)9-7-5-6-8-11-9/h9H,3-8H2,1-2H3. The van der Waals surface area contributed by atoms with Gasteiger partial charge in [-0.1, -0.05) is 25.9 Å². The van der Waals surface area contributed by atoms with E-state index in [1.165, 1.54) is 19.3 Å².